The molecule has 1 aromatic carbocycles. The Morgan fingerprint density at radius 3 is 2.70 bits per heavy atom. The minimum absolute atomic E-state index is 0.430. The molecule has 5 heteroatoms. The minimum Gasteiger partial charge on any atom is -0.383 e. The molecule has 0 spiro atoms. The van der Waals surface area contributed by atoms with Gasteiger partial charge in [0.15, 0.2) is 0 Å². The zero-order chi connectivity index (χ0) is 14.1. The van der Waals surface area contributed by atoms with Crippen LogP contribution in [0.25, 0.3) is 10.9 Å². The highest BCUT2D eigenvalue weighted by molar-refractivity contribution is 5.92. The lowest BCUT2D eigenvalue weighted by molar-refractivity contribution is 0.477. The molecule has 0 aliphatic carbocycles. The first kappa shape index (κ1) is 13.1. The summed E-state index contributed by atoms with van der Waals surface area (Å²) in [6.07, 6.45) is 2.18. The Labute approximate surface area is 119 Å². The Kier molecular flexibility index (Phi) is 3.44. The highest BCUT2D eigenvalue weighted by Crippen LogP contribution is 2.26. The molecule has 3 rings (SSSR count). The van der Waals surface area contributed by atoms with Crippen LogP contribution in [0.15, 0.2) is 12.1 Å². The van der Waals surface area contributed by atoms with Gasteiger partial charge in [-0.3, -0.25) is 0 Å². The second kappa shape index (κ2) is 5.25. The lowest BCUT2D eigenvalue weighted by atomic mass is 10.0. The molecule has 2 aromatic rings. The number of aryl methyl sites for hydroxylation is 2. The molecule has 0 radical (unpaired) electrons. The molecule has 4 N–H and O–H groups in total. The third-order valence-corrected chi connectivity index (χ3v) is 4.10. The quantitative estimate of drug-likeness (QED) is 0.779. The average molecular weight is 271 g/mol. The lowest BCUT2D eigenvalue weighted by Crippen LogP contribution is -2.35. The summed E-state index contributed by atoms with van der Waals surface area (Å²) in [5.74, 6) is 1.21. The molecule has 0 bridgehead atoms. The molecule has 20 heavy (non-hydrogen) atoms. The SMILES string of the molecule is Cc1ccc2nc(NC3CCNCC3)nc(N)c2c1C. The van der Waals surface area contributed by atoms with Crippen LogP contribution in [-0.4, -0.2) is 29.1 Å². The molecule has 5 nitrogen and oxygen atoms in total. The number of nitrogens with one attached hydrogen (secondary N) is 2. The van der Waals surface area contributed by atoms with Crippen molar-refractivity contribution in [1.82, 2.24) is 15.3 Å². The van der Waals surface area contributed by atoms with Gasteiger partial charge in [-0.25, -0.2) is 4.98 Å². The zero-order valence-electron chi connectivity index (χ0n) is 12.0. The van der Waals surface area contributed by atoms with E-state index in [4.69, 9.17) is 5.73 Å². The normalized spacial score (nSPS) is 16.5. The maximum Gasteiger partial charge on any atom is 0.225 e. The Morgan fingerprint density at radius 2 is 1.95 bits per heavy atom. The number of piperidine rings is 1. The fourth-order valence-electron chi connectivity index (χ4n) is 2.74. The van der Waals surface area contributed by atoms with Crippen LogP contribution >= 0.6 is 0 Å². The van der Waals surface area contributed by atoms with Crippen LogP contribution in [0.4, 0.5) is 11.8 Å². The second-order valence-corrected chi connectivity index (χ2v) is 5.50. The van der Waals surface area contributed by atoms with E-state index >= 15 is 0 Å². The number of hydrogen-bond acceptors (Lipinski definition) is 5. The van der Waals surface area contributed by atoms with Crippen LogP contribution in [-0.2, 0) is 0 Å². The van der Waals surface area contributed by atoms with Crippen LogP contribution in [0.1, 0.15) is 24.0 Å². The van der Waals surface area contributed by atoms with Gasteiger partial charge in [0.1, 0.15) is 5.82 Å². The van der Waals surface area contributed by atoms with Crippen molar-refractivity contribution in [2.45, 2.75) is 32.7 Å². The molecule has 106 valence electrons. The molecule has 1 aliphatic rings. The van der Waals surface area contributed by atoms with Crippen molar-refractivity contribution in [1.29, 1.82) is 0 Å². The number of benzene rings is 1. The summed E-state index contributed by atoms with van der Waals surface area (Å²) < 4.78 is 0. The highest BCUT2D eigenvalue weighted by Gasteiger charge is 2.15. The Balaban J connectivity index is 1.95. The van der Waals surface area contributed by atoms with Crippen molar-refractivity contribution in [3.05, 3.63) is 23.3 Å². The minimum atomic E-state index is 0.430. The molecule has 1 aliphatic heterocycles. The molecule has 0 unspecified atom stereocenters. The van der Waals surface area contributed by atoms with Crippen LogP contribution in [0.2, 0.25) is 0 Å². The second-order valence-electron chi connectivity index (χ2n) is 5.50. The van der Waals surface area contributed by atoms with Gasteiger partial charge in [-0.15, -0.1) is 0 Å². The van der Waals surface area contributed by atoms with E-state index in [2.05, 4.69) is 40.5 Å². The van der Waals surface area contributed by atoms with E-state index in [0.29, 0.717) is 17.8 Å². The predicted molar refractivity (Wildman–Crippen MR) is 82.9 cm³/mol. The van der Waals surface area contributed by atoms with Crippen molar-refractivity contribution in [2.24, 2.45) is 0 Å². The number of nitrogens with two attached hydrogens (primary N) is 1. The monoisotopic (exact) mass is 271 g/mol. The van der Waals surface area contributed by atoms with Gasteiger partial charge in [0.2, 0.25) is 5.95 Å². The van der Waals surface area contributed by atoms with Gasteiger partial charge >= 0.3 is 0 Å². The smallest absolute Gasteiger partial charge is 0.225 e. The summed E-state index contributed by atoms with van der Waals surface area (Å²) in [5, 5.41) is 7.73. The number of nitrogen functional groups attached to an aromatic ring is 1. The molecule has 0 saturated carbocycles. The summed E-state index contributed by atoms with van der Waals surface area (Å²) in [7, 11) is 0. The summed E-state index contributed by atoms with van der Waals surface area (Å²) in [5.41, 5.74) is 9.42. The van der Waals surface area contributed by atoms with E-state index in [1.54, 1.807) is 0 Å². The maximum absolute atomic E-state index is 6.13. The summed E-state index contributed by atoms with van der Waals surface area (Å²) in [4.78, 5) is 9.04. The number of aromatic nitrogens is 2. The first-order valence-corrected chi connectivity index (χ1v) is 7.16. The number of nitrogens with zero attached hydrogens (tertiary/aromatic N) is 2. The van der Waals surface area contributed by atoms with Gasteiger partial charge in [0.25, 0.3) is 0 Å². The van der Waals surface area contributed by atoms with Crippen molar-refractivity contribution in [3.63, 3.8) is 0 Å². The van der Waals surface area contributed by atoms with Crippen LogP contribution in [0.3, 0.4) is 0 Å². The van der Waals surface area contributed by atoms with Gasteiger partial charge in [-0.1, -0.05) is 6.07 Å². The maximum atomic E-state index is 6.13. The van der Waals surface area contributed by atoms with E-state index in [9.17, 15) is 0 Å². The van der Waals surface area contributed by atoms with Crippen LogP contribution < -0.4 is 16.4 Å². The number of anilines is 2. The Hall–Kier alpha value is -1.88. The van der Waals surface area contributed by atoms with E-state index < -0.39 is 0 Å². The molecule has 1 aromatic heterocycles. The zero-order valence-corrected chi connectivity index (χ0v) is 12.0. The fraction of sp³-hybridized carbons (Fsp3) is 0.467. The molecular weight excluding hydrogens is 250 g/mol. The summed E-state index contributed by atoms with van der Waals surface area (Å²) >= 11 is 0. The van der Waals surface area contributed by atoms with E-state index in [1.165, 1.54) is 5.56 Å². The topological polar surface area (TPSA) is 75.9 Å². The number of fused-ring (bicyclic) bond motifs is 1. The molecule has 0 amide bonds. The number of hydrogen-bond donors (Lipinski definition) is 3. The van der Waals surface area contributed by atoms with Crippen molar-refractivity contribution in [2.75, 3.05) is 24.1 Å². The molecule has 2 heterocycles. The summed E-state index contributed by atoms with van der Waals surface area (Å²) in [6.45, 7) is 6.23. The predicted octanol–water partition coefficient (Wildman–Crippen LogP) is 1.99. The lowest BCUT2D eigenvalue weighted by Gasteiger charge is -2.23. The van der Waals surface area contributed by atoms with Gasteiger partial charge in [0.05, 0.1) is 5.52 Å². The van der Waals surface area contributed by atoms with Crippen molar-refractivity contribution < 1.29 is 0 Å². The van der Waals surface area contributed by atoms with Gasteiger partial charge in [0, 0.05) is 11.4 Å². The van der Waals surface area contributed by atoms with Gasteiger partial charge in [-0.2, -0.15) is 4.98 Å². The number of rotatable bonds is 2. The fourth-order valence-corrected chi connectivity index (χ4v) is 2.74. The van der Waals surface area contributed by atoms with Gasteiger partial charge < -0.3 is 16.4 Å². The third-order valence-electron chi connectivity index (χ3n) is 4.10. The molecule has 0 atom stereocenters. The third kappa shape index (κ3) is 2.41. The molecule has 1 fully saturated rings. The van der Waals surface area contributed by atoms with Crippen LogP contribution in [0.5, 0.6) is 0 Å². The van der Waals surface area contributed by atoms with Crippen molar-refractivity contribution >= 4 is 22.7 Å². The first-order chi connectivity index (χ1) is 9.65. The average Bonchev–Trinajstić information content (AvgIpc) is 2.44. The standard InChI is InChI=1S/C15H21N5/c1-9-3-4-12-13(10(9)2)14(16)20-15(19-12)18-11-5-7-17-8-6-11/h3-4,11,17H,5-8H2,1-2H3,(H3,16,18,19,20). The summed E-state index contributed by atoms with van der Waals surface area (Å²) in [6, 6.07) is 4.53. The first-order valence-electron chi connectivity index (χ1n) is 7.16. The van der Waals surface area contributed by atoms with E-state index in [0.717, 1.165) is 42.4 Å². The Bertz CT molecular complexity index is 632. The van der Waals surface area contributed by atoms with E-state index in [1.807, 2.05) is 6.07 Å². The van der Waals surface area contributed by atoms with Crippen molar-refractivity contribution in [3.8, 4) is 0 Å². The Morgan fingerprint density at radius 1 is 1.20 bits per heavy atom. The molecule has 1 saturated heterocycles. The molecular formula is C15H21N5. The largest absolute Gasteiger partial charge is 0.383 e. The highest BCUT2D eigenvalue weighted by atomic mass is 15.1. The van der Waals surface area contributed by atoms with Gasteiger partial charge in [-0.05, 0) is 57.0 Å². The van der Waals surface area contributed by atoms with E-state index in [-0.39, 0.29) is 0 Å². The van der Waals surface area contributed by atoms with Crippen LogP contribution in [0, 0.1) is 13.8 Å².